The first-order valence-corrected chi connectivity index (χ1v) is 7.97. The molecule has 25 heavy (non-hydrogen) atoms. The molecule has 0 saturated carbocycles. The van der Waals surface area contributed by atoms with Crippen LogP contribution >= 0.6 is 0 Å². The van der Waals surface area contributed by atoms with Crippen LogP contribution in [0.5, 0.6) is 0 Å². The molecular formula is C21H15N3O. The molecule has 3 heterocycles. The standard InChI is InChI=1S/C21H15N3O/c25-21-19(16-9-12-22-13-10-16)14-17(20-8-4-5-11-23-20)15-24(21)18-6-2-1-3-7-18/h1-15H. The third-order valence-corrected chi connectivity index (χ3v) is 4.00. The summed E-state index contributed by atoms with van der Waals surface area (Å²) in [6.07, 6.45) is 6.97. The molecule has 0 radical (unpaired) electrons. The molecule has 4 aromatic rings. The molecule has 0 aliphatic heterocycles. The minimum absolute atomic E-state index is 0.0721. The van der Waals surface area contributed by atoms with Crippen LogP contribution in [0.25, 0.3) is 28.1 Å². The highest BCUT2D eigenvalue weighted by molar-refractivity contribution is 5.70. The fourth-order valence-corrected chi connectivity index (χ4v) is 2.77. The van der Waals surface area contributed by atoms with Crippen molar-refractivity contribution in [2.45, 2.75) is 0 Å². The molecule has 3 aromatic heterocycles. The number of pyridine rings is 3. The van der Waals surface area contributed by atoms with Crippen molar-refractivity contribution >= 4 is 0 Å². The molecule has 0 atom stereocenters. The largest absolute Gasteiger partial charge is 0.283 e. The van der Waals surface area contributed by atoms with E-state index in [1.165, 1.54) is 0 Å². The highest BCUT2D eigenvalue weighted by Crippen LogP contribution is 2.23. The summed E-state index contributed by atoms with van der Waals surface area (Å²) in [5.74, 6) is 0. The van der Waals surface area contributed by atoms with Gasteiger partial charge in [0.15, 0.2) is 0 Å². The molecular weight excluding hydrogens is 310 g/mol. The zero-order valence-corrected chi connectivity index (χ0v) is 13.4. The van der Waals surface area contributed by atoms with Gasteiger partial charge in [-0.2, -0.15) is 0 Å². The van der Waals surface area contributed by atoms with Crippen LogP contribution in [0, 0.1) is 0 Å². The topological polar surface area (TPSA) is 47.8 Å². The summed E-state index contributed by atoms with van der Waals surface area (Å²) < 4.78 is 1.67. The number of para-hydroxylation sites is 1. The van der Waals surface area contributed by atoms with Crippen molar-refractivity contribution in [3.05, 3.63) is 102 Å². The van der Waals surface area contributed by atoms with Crippen molar-refractivity contribution in [1.82, 2.24) is 14.5 Å². The summed E-state index contributed by atoms with van der Waals surface area (Å²) in [6, 6.07) is 20.9. The number of hydrogen-bond acceptors (Lipinski definition) is 3. The van der Waals surface area contributed by atoms with E-state index in [1.807, 2.05) is 72.9 Å². The van der Waals surface area contributed by atoms with Crippen LogP contribution in [-0.2, 0) is 0 Å². The van der Waals surface area contributed by atoms with Crippen LogP contribution in [0.15, 0.2) is 96.3 Å². The first-order valence-electron chi connectivity index (χ1n) is 7.97. The van der Waals surface area contributed by atoms with Gasteiger partial charge in [0.25, 0.3) is 5.56 Å². The lowest BCUT2D eigenvalue weighted by Crippen LogP contribution is -2.20. The summed E-state index contributed by atoms with van der Waals surface area (Å²) in [7, 11) is 0. The lowest BCUT2D eigenvalue weighted by molar-refractivity contribution is 0.993. The normalized spacial score (nSPS) is 10.6. The van der Waals surface area contributed by atoms with Crippen molar-refractivity contribution in [3.8, 4) is 28.1 Å². The molecule has 0 bridgehead atoms. The summed E-state index contributed by atoms with van der Waals surface area (Å²) >= 11 is 0. The van der Waals surface area contributed by atoms with Gasteiger partial charge in [-0.1, -0.05) is 24.3 Å². The smallest absolute Gasteiger partial charge is 0.262 e. The first-order chi connectivity index (χ1) is 12.3. The molecule has 0 N–H and O–H groups in total. The van der Waals surface area contributed by atoms with Crippen LogP contribution in [0.4, 0.5) is 0 Å². The minimum atomic E-state index is -0.0721. The SMILES string of the molecule is O=c1c(-c2ccncc2)cc(-c2ccccn2)cn1-c1ccccc1. The summed E-state index contributed by atoms with van der Waals surface area (Å²) in [4.78, 5) is 21.5. The van der Waals surface area contributed by atoms with Crippen LogP contribution in [0.1, 0.15) is 0 Å². The van der Waals surface area contributed by atoms with Crippen LogP contribution in [0.3, 0.4) is 0 Å². The zero-order chi connectivity index (χ0) is 17.1. The monoisotopic (exact) mass is 325 g/mol. The second-order valence-corrected chi connectivity index (χ2v) is 5.60. The van der Waals surface area contributed by atoms with Gasteiger partial charge in [0.05, 0.1) is 5.69 Å². The fraction of sp³-hybridized carbons (Fsp3) is 0. The van der Waals surface area contributed by atoms with Gasteiger partial charge in [-0.05, 0) is 48.0 Å². The molecule has 0 unspecified atom stereocenters. The van der Waals surface area contributed by atoms with Crippen molar-refractivity contribution in [3.63, 3.8) is 0 Å². The van der Waals surface area contributed by atoms with Crippen LogP contribution in [0.2, 0.25) is 0 Å². The summed E-state index contributed by atoms with van der Waals surface area (Å²) in [5, 5.41) is 0. The number of nitrogens with zero attached hydrogens (tertiary/aromatic N) is 3. The molecule has 4 rings (SSSR count). The van der Waals surface area contributed by atoms with Gasteiger partial charge in [-0.25, -0.2) is 0 Å². The number of aromatic nitrogens is 3. The van der Waals surface area contributed by atoms with Crippen LogP contribution < -0.4 is 5.56 Å². The molecule has 0 spiro atoms. The average Bonchev–Trinajstić information content (AvgIpc) is 2.70. The maximum Gasteiger partial charge on any atom is 0.262 e. The summed E-state index contributed by atoms with van der Waals surface area (Å²) in [6.45, 7) is 0. The van der Waals surface area contributed by atoms with Gasteiger partial charge in [0, 0.05) is 41.6 Å². The van der Waals surface area contributed by atoms with Gasteiger partial charge in [0.2, 0.25) is 0 Å². The third-order valence-electron chi connectivity index (χ3n) is 4.00. The molecule has 0 aliphatic rings. The van der Waals surface area contributed by atoms with Gasteiger partial charge in [-0.3, -0.25) is 19.3 Å². The zero-order valence-electron chi connectivity index (χ0n) is 13.4. The van der Waals surface area contributed by atoms with E-state index in [1.54, 1.807) is 23.2 Å². The molecule has 0 aliphatic carbocycles. The van der Waals surface area contributed by atoms with E-state index in [4.69, 9.17) is 0 Å². The predicted octanol–water partition coefficient (Wildman–Crippen LogP) is 3.96. The second-order valence-electron chi connectivity index (χ2n) is 5.60. The van der Waals surface area contributed by atoms with E-state index >= 15 is 0 Å². The Morgan fingerprint density at radius 1 is 0.760 bits per heavy atom. The molecule has 4 heteroatoms. The Balaban J connectivity index is 2.00. The third kappa shape index (κ3) is 2.97. The second kappa shape index (κ2) is 6.53. The fourth-order valence-electron chi connectivity index (χ4n) is 2.77. The Kier molecular flexibility index (Phi) is 3.92. The van der Waals surface area contributed by atoms with E-state index < -0.39 is 0 Å². The maximum absolute atomic E-state index is 13.1. The van der Waals surface area contributed by atoms with Crippen molar-refractivity contribution < 1.29 is 0 Å². The van der Waals surface area contributed by atoms with Gasteiger partial charge in [0.1, 0.15) is 0 Å². The van der Waals surface area contributed by atoms with Gasteiger partial charge < -0.3 is 0 Å². The van der Waals surface area contributed by atoms with E-state index in [0.717, 1.165) is 22.5 Å². The Bertz CT molecular complexity index is 979. The highest BCUT2D eigenvalue weighted by Gasteiger charge is 2.12. The number of hydrogen-bond donors (Lipinski definition) is 0. The Morgan fingerprint density at radius 2 is 1.52 bits per heavy atom. The van der Waals surface area contributed by atoms with E-state index in [2.05, 4.69) is 9.97 Å². The van der Waals surface area contributed by atoms with Crippen molar-refractivity contribution in [2.24, 2.45) is 0 Å². The highest BCUT2D eigenvalue weighted by atomic mass is 16.1. The molecule has 0 fully saturated rings. The average molecular weight is 325 g/mol. The van der Waals surface area contributed by atoms with Gasteiger partial charge in [-0.15, -0.1) is 0 Å². The summed E-state index contributed by atoms with van der Waals surface area (Å²) in [5.41, 5.74) is 3.91. The quantitative estimate of drug-likeness (QED) is 0.573. The van der Waals surface area contributed by atoms with E-state index in [0.29, 0.717) is 5.56 Å². The molecule has 0 amide bonds. The van der Waals surface area contributed by atoms with Crippen molar-refractivity contribution in [2.75, 3.05) is 0 Å². The molecule has 0 saturated heterocycles. The maximum atomic E-state index is 13.1. The molecule has 4 nitrogen and oxygen atoms in total. The Morgan fingerprint density at radius 3 is 2.24 bits per heavy atom. The number of rotatable bonds is 3. The Labute approximate surface area is 145 Å². The van der Waals surface area contributed by atoms with E-state index in [9.17, 15) is 4.79 Å². The minimum Gasteiger partial charge on any atom is -0.283 e. The van der Waals surface area contributed by atoms with Gasteiger partial charge >= 0.3 is 0 Å². The van der Waals surface area contributed by atoms with Crippen molar-refractivity contribution in [1.29, 1.82) is 0 Å². The Hall–Kier alpha value is -3.53. The van der Waals surface area contributed by atoms with Crippen LogP contribution in [-0.4, -0.2) is 14.5 Å². The number of benzene rings is 1. The van der Waals surface area contributed by atoms with E-state index in [-0.39, 0.29) is 5.56 Å². The molecule has 120 valence electrons. The lowest BCUT2D eigenvalue weighted by Gasteiger charge is -2.12. The predicted molar refractivity (Wildman–Crippen MR) is 98.5 cm³/mol. The lowest BCUT2D eigenvalue weighted by atomic mass is 10.0. The first kappa shape index (κ1) is 15.0. The molecule has 1 aromatic carbocycles.